The molecule has 0 unspecified atom stereocenters. The second kappa shape index (κ2) is 4.00. The lowest BCUT2D eigenvalue weighted by Gasteiger charge is -2.06. The maximum atomic E-state index is 11.5. The van der Waals surface area contributed by atoms with Crippen LogP contribution in [0.25, 0.3) is 0 Å². The lowest BCUT2D eigenvalue weighted by molar-refractivity contribution is -0.115. The number of carbonyl (C=O) groups excluding carboxylic acids is 1. The number of aliphatic hydroxyl groups excluding tert-OH is 1. The number of phenolic OH excluding ortho intramolecular Hbond substituents is 1. The highest BCUT2D eigenvalue weighted by Gasteiger charge is 2.23. The Morgan fingerprint density at radius 2 is 2.00 bits per heavy atom. The van der Waals surface area contributed by atoms with E-state index in [4.69, 9.17) is 0 Å². The van der Waals surface area contributed by atoms with Crippen molar-refractivity contribution in [2.24, 2.45) is 0 Å². The number of hydrogen-bond donors (Lipinski definition) is 2. The van der Waals surface area contributed by atoms with Crippen LogP contribution in [0, 0.1) is 6.92 Å². The van der Waals surface area contributed by atoms with Crippen LogP contribution in [0.4, 0.5) is 0 Å². The van der Waals surface area contributed by atoms with E-state index in [1.165, 1.54) is 0 Å². The van der Waals surface area contributed by atoms with Gasteiger partial charge in [-0.3, -0.25) is 4.79 Å². The van der Waals surface area contributed by atoms with Crippen molar-refractivity contribution in [3.63, 3.8) is 0 Å². The Hall–Kier alpha value is -1.77. The highest BCUT2D eigenvalue weighted by atomic mass is 16.3. The van der Waals surface area contributed by atoms with E-state index in [9.17, 15) is 15.0 Å². The fraction of sp³-hybridized carbons (Fsp3) is 0.308. The van der Waals surface area contributed by atoms with Crippen LogP contribution >= 0.6 is 0 Å². The molecule has 0 atom stereocenters. The Morgan fingerprint density at radius 3 is 2.62 bits per heavy atom. The van der Waals surface area contributed by atoms with Crippen molar-refractivity contribution in [3.05, 3.63) is 40.7 Å². The zero-order valence-corrected chi connectivity index (χ0v) is 9.16. The van der Waals surface area contributed by atoms with Gasteiger partial charge in [0.2, 0.25) is 0 Å². The third-order valence-electron chi connectivity index (χ3n) is 2.88. The SMILES string of the molecule is Cc1ccc(O)c(CC2=C(O)CCC2=O)c1. The maximum absolute atomic E-state index is 11.5. The summed E-state index contributed by atoms with van der Waals surface area (Å²) in [5, 5.41) is 19.2. The molecule has 0 fully saturated rings. The number of benzene rings is 1. The maximum Gasteiger partial charge on any atom is 0.162 e. The number of allylic oxidation sites excluding steroid dienone is 2. The van der Waals surface area contributed by atoms with E-state index in [1.54, 1.807) is 6.07 Å². The predicted octanol–water partition coefficient (Wildman–Crippen LogP) is 2.42. The lowest BCUT2D eigenvalue weighted by Crippen LogP contribution is -2.01. The smallest absolute Gasteiger partial charge is 0.162 e. The molecule has 1 aliphatic carbocycles. The van der Waals surface area contributed by atoms with Gasteiger partial charge in [0.05, 0.1) is 5.76 Å². The molecule has 0 aromatic heterocycles. The lowest BCUT2D eigenvalue weighted by atomic mass is 10.0. The van der Waals surface area contributed by atoms with Gasteiger partial charge in [-0.05, 0) is 18.6 Å². The zero-order chi connectivity index (χ0) is 11.7. The van der Waals surface area contributed by atoms with Crippen molar-refractivity contribution >= 4 is 5.78 Å². The predicted molar refractivity (Wildman–Crippen MR) is 60.4 cm³/mol. The summed E-state index contributed by atoms with van der Waals surface area (Å²) in [4.78, 5) is 11.5. The molecule has 0 saturated carbocycles. The Kier molecular flexibility index (Phi) is 2.69. The van der Waals surface area contributed by atoms with E-state index in [0.717, 1.165) is 5.56 Å². The molecular formula is C13H14O3. The molecule has 0 amide bonds. The van der Waals surface area contributed by atoms with Gasteiger partial charge in [-0.15, -0.1) is 0 Å². The molecule has 1 aromatic carbocycles. The molecule has 0 spiro atoms. The van der Waals surface area contributed by atoms with Gasteiger partial charge in [-0.25, -0.2) is 0 Å². The number of ketones is 1. The third kappa shape index (κ3) is 1.94. The minimum Gasteiger partial charge on any atom is -0.512 e. The quantitative estimate of drug-likeness (QED) is 0.801. The van der Waals surface area contributed by atoms with Crippen LogP contribution in [0.2, 0.25) is 0 Å². The highest BCUT2D eigenvalue weighted by molar-refractivity contribution is 5.98. The number of aryl methyl sites for hydroxylation is 1. The van der Waals surface area contributed by atoms with Crippen LogP contribution in [0.15, 0.2) is 29.5 Å². The largest absolute Gasteiger partial charge is 0.512 e. The average Bonchev–Trinajstić information content (AvgIpc) is 2.55. The van der Waals surface area contributed by atoms with Crippen LogP contribution in [0.3, 0.4) is 0 Å². The molecular weight excluding hydrogens is 204 g/mol. The van der Waals surface area contributed by atoms with Gasteiger partial charge in [0.15, 0.2) is 5.78 Å². The number of phenols is 1. The molecule has 84 valence electrons. The Balaban J connectivity index is 2.30. The van der Waals surface area contributed by atoms with Crippen LogP contribution in [0.5, 0.6) is 5.75 Å². The number of aliphatic hydroxyl groups is 1. The van der Waals surface area contributed by atoms with E-state index < -0.39 is 0 Å². The fourth-order valence-corrected chi connectivity index (χ4v) is 1.94. The number of aromatic hydroxyl groups is 1. The first kappa shape index (κ1) is 10.7. The summed E-state index contributed by atoms with van der Waals surface area (Å²) < 4.78 is 0. The summed E-state index contributed by atoms with van der Waals surface area (Å²) in [7, 11) is 0. The summed E-state index contributed by atoms with van der Waals surface area (Å²) >= 11 is 0. The monoisotopic (exact) mass is 218 g/mol. The molecule has 3 heteroatoms. The van der Waals surface area contributed by atoms with E-state index in [0.29, 0.717) is 30.4 Å². The van der Waals surface area contributed by atoms with Gasteiger partial charge in [0, 0.05) is 24.8 Å². The average molecular weight is 218 g/mol. The van der Waals surface area contributed by atoms with E-state index in [-0.39, 0.29) is 17.3 Å². The van der Waals surface area contributed by atoms with Crippen LogP contribution in [0.1, 0.15) is 24.0 Å². The molecule has 3 nitrogen and oxygen atoms in total. The van der Waals surface area contributed by atoms with Crippen molar-refractivity contribution in [2.45, 2.75) is 26.2 Å². The molecule has 1 aromatic rings. The van der Waals surface area contributed by atoms with Crippen molar-refractivity contribution in [1.82, 2.24) is 0 Å². The van der Waals surface area contributed by atoms with Gasteiger partial charge < -0.3 is 10.2 Å². The Morgan fingerprint density at radius 1 is 1.25 bits per heavy atom. The van der Waals surface area contributed by atoms with Gasteiger partial charge >= 0.3 is 0 Å². The molecule has 16 heavy (non-hydrogen) atoms. The minimum atomic E-state index is -0.0154. The molecule has 0 heterocycles. The molecule has 0 aliphatic heterocycles. The molecule has 0 saturated heterocycles. The minimum absolute atomic E-state index is 0.0154. The second-order valence-electron chi connectivity index (χ2n) is 4.16. The topological polar surface area (TPSA) is 57.5 Å². The summed E-state index contributed by atoms with van der Waals surface area (Å²) in [6, 6.07) is 5.26. The van der Waals surface area contributed by atoms with Crippen molar-refractivity contribution in [2.75, 3.05) is 0 Å². The number of rotatable bonds is 2. The van der Waals surface area contributed by atoms with Crippen molar-refractivity contribution in [1.29, 1.82) is 0 Å². The normalized spacial score (nSPS) is 15.9. The van der Waals surface area contributed by atoms with Crippen LogP contribution in [-0.4, -0.2) is 16.0 Å². The van der Waals surface area contributed by atoms with Gasteiger partial charge in [0.1, 0.15) is 5.75 Å². The van der Waals surface area contributed by atoms with Gasteiger partial charge in [-0.2, -0.15) is 0 Å². The highest BCUT2D eigenvalue weighted by Crippen LogP contribution is 2.28. The van der Waals surface area contributed by atoms with Crippen molar-refractivity contribution < 1.29 is 15.0 Å². The second-order valence-corrected chi connectivity index (χ2v) is 4.16. The number of carbonyl (C=O) groups is 1. The summed E-state index contributed by atoms with van der Waals surface area (Å²) in [6.07, 6.45) is 1.13. The molecule has 1 aliphatic rings. The zero-order valence-electron chi connectivity index (χ0n) is 9.16. The van der Waals surface area contributed by atoms with Gasteiger partial charge in [0.25, 0.3) is 0 Å². The third-order valence-corrected chi connectivity index (χ3v) is 2.88. The van der Waals surface area contributed by atoms with Crippen molar-refractivity contribution in [3.8, 4) is 5.75 Å². The molecule has 2 rings (SSSR count). The molecule has 0 radical (unpaired) electrons. The summed E-state index contributed by atoms with van der Waals surface area (Å²) in [5.41, 5.74) is 2.16. The first-order valence-electron chi connectivity index (χ1n) is 5.30. The van der Waals surface area contributed by atoms with E-state index in [1.807, 2.05) is 19.1 Å². The number of Topliss-reactive ketones (excluding diaryl/α,β-unsaturated/α-hetero) is 1. The Bertz CT molecular complexity index is 472. The molecule has 0 bridgehead atoms. The first-order valence-corrected chi connectivity index (χ1v) is 5.30. The summed E-state index contributed by atoms with van der Waals surface area (Å²) in [6.45, 7) is 1.92. The van der Waals surface area contributed by atoms with E-state index in [2.05, 4.69) is 0 Å². The first-order chi connectivity index (χ1) is 7.58. The van der Waals surface area contributed by atoms with Crippen LogP contribution in [-0.2, 0) is 11.2 Å². The Labute approximate surface area is 94.0 Å². The van der Waals surface area contributed by atoms with Crippen LogP contribution < -0.4 is 0 Å². The summed E-state index contributed by atoms with van der Waals surface area (Å²) in [5.74, 6) is 0.329. The molecule has 2 N–H and O–H groups in total. The van der Waals surface area contributed by atoms with E-state index >= 15 is 0 Å². The van der Waals surface area contributed by atoms with Gasteiger partial charge in [-0.1, -0.05) is 17.7 Å². The fourth-order valence-electron chi connectivity index (χ4n) is 1.94. The standard InChI is InChI=1S/C13H14O3/c1-8-2-3-11(14)9(6-8)7-10-12(15)4-5-13(10)16/h2-3,6,14-15H,4-5,7H2,1H3. The number of hydrogen-bond acceptors (Lipinski definition) is 3.